The lowest BCUT2D eigenvalue weighted by Gasteiger charge is -2.35. The molecule has 4 aromatic rings. The molecule has 36 heavy (non-hydrogen) atoms. The predicted octanol–water partition coefficient (Wildman–Crippen LogP) is 2.70. The fraction of sp³-hybridized carbons (Fsp3) is 0.407. The summed E-state index contributed by atoms with van der Waals surface area (Å²) in [4.78, 5) is 42.4. The Labute approximate surface area is 210 Å². The minimum Gasteiger partial charge on any atom is -0.354 e. The van der Waals surface area contributed by atoms with Gasteiger partial charge in [0.1, 0.15) is 11.6 Å². The Morgan fingerprint density at radius 1 is 0.917 bits per heavy atom. The summed E-state index contributed by atoms with van der Waals surface area (Å²) >= 11 is 0. The highest BCUT2D eigenvalue weighted by Gasteiger charge is 2.23. The molecule has 0 bridgehead atoms. The molecule has 188 valence electrons. The van der Waals surface area contributed by atoms with Gasteiger partial charge in [-0.15, -0.1) is 0 Å². The molecule has 1 aliphatic heterocycles. The van der Waals surface area contributed by atoms with Gasteiger partial charge in [0.05, 0.1) is 13.1 Å². The smallest absolute Gasteiger partial charge is 0.330 e. The van der Waals surface area contributed by atoms with Crippen molar-refractivity contribution in [2.45, 2.75) is 39.9 Å². The molecule has 3 aromatic heterocycles. The monoisotopic (exact) mass is 487 g/mol. The highest BCUT2D eigenvalue weighted by Crippen LogP contribution is 2.19. The fourth-order valence-electron chi connectivity index (χ4n) is 4.76. The Morgan fingerprint density at radius 3 is 2.36 bits per heavy atom. The van der Waals surface area contributed by atoms with Crippen molar-refractivity contribution in [2.24, 2.45) is 5.92 Å². The summed E-state index contributed by atoms with van der Waals surface area (Å²) < 4.78 is 3.61. The summed E-state index contributed by atoms with van der Waals surface area (Å²) in [5.41, 5.74) is 1.12. The van der Waals surface area contributed by atoms with Crippen LogP contribution in [0.5, 0.6) is 0 Å². The Kier molecular flexibility index (Phi) is 6.99. The Hall–Kier alpha value is -3.72. The van der Waals surface area contributed by atoms with Crippen LogP contribution in [0.15, 0.2) is 64.3 Å². The first kappa shape index (κ1) is 24.0. The van der Waals surface area contributed by atoms with E-state index in [1.165, 1.54) is 0 Å². The lowest BCUT2D eigenvalue weighted by Crippen LogP contribution is -2.46. The van der Waals surface area contributed by atoms with Crippen molar-refractivity contribution in [3.63, 3.8) is 0 Å². The van der Waals surface area contributed by atoms with Crippen LogP contribution in [0.3, 0.4) is 0 Å². The van der Waals surface area contributed by atoms with Gasteiger partial charge in [0, 0.05) is 38.9 Å². The van der Waals surface area contributed by atoms with Gasteiger partial charge in [-0.2, -0.15) is 0 Å². The van der Waals surface area contributed by atoms with E-state index in [1.54, 1.807) is 4.57 Å². The topological polar surface area (TPSA) is 92.1 Å². The summed E-state index contributed by atoms with van der Waals surface area (Å²) in [5.74, 6) is 2.30. The van der Waals surface area contributed by atoms with Crippen molar-refractivity contribution in [1.29, 1.82) is 0 Å². The van der Waals surface area contributed by atoms with Gasteiger partial charge in [-0.3, -0.25) is 19.2 Å². The number of imidazole rings is 1. The maximum absolute atomic E-state index is 13.0. The van der Waals surface area contributed by atoms with E-state index in [0.717, 1.165) is 49.8 Å². The third-order valence-corrected chi connectivity index (χ3v) is 6.79. The van der Waals surface area contributed by atoms with Crippen LogP contribution in [0.4, 0.5) is 5.82 Å². The second-order valence-corrected chi connectivity index (χ2v) is 9.82. The minimum atomic E-state index is -0.430. The first-order chi connectivity index (χ1) is 17.5. The average Bonchev–Trinajstić information content (AvgIpc) is 3.25. The lowest BCUT2D eigenvalue weighted by molar-refractivity contribution is 0.240. The number of H-pyrrole nitrogens is 1. The summed E-state index contributed by atoms with van der Waals surface area (Å²) in [6.45, 7) is 9.51. The molecular formula is C27H33N7O2. The molecule has 1 N–H and O–H groups in total. The molecule has 5 rings (SSSR count). The van der Waals surface area contributed by atoms with Crippen LogP contribution in [0.1, 0.15) is 31.7 Å². The largest absolute Gasteiger partial charge is 0.354 e. The number of piperazine rings is 1. The van der Waals surface area contributed by atoms with E-state index in [9.17, 15) is 9.59 Å². The third kappa shape index (κ3) is 5.11. The molecule has 4 heterocycles. The molecule has 0 unspecified atom stereocenters. The first-order valence-corrected chi connectivity index (χ1v) is 12.6. The minimum absolute atomic E-state index is 0.357. The van der Waals surface area contributed by atoms with E-state index in [2.05, 4.69) is 33.6 Å². The van der Waals surface area contributed by atoms with Gasteiger partial charge in [0.2, 0.25) is 0 Å². The SMILES string of the molecule is CC(C)CCn1c(CN2CCN(c3ccccn3)CC2)nc2c1c(=O)[nH]c(=O)n2Cc1ccccc1. The van der Waals surface area contributed by atoms with Gasteiger partial charge < -0.3 is 9.47 Å². The van der Waals surface area contributed by atoms with Gasteiger partial charge in [0.25, 0.3) is 5.56 Å². The molecule has 9 nitrogen and oxygen atoms in total. The number of aromatic amines is 1. The average molecular weight is 488 g/mol. The van der Waals surface area contributed by atoms with Crippen molar-refractivity contribution in [1.82, 2.24) is 29.0 Å². The summed E-state index contributed by atoms with van der Waals surface area (Å²) in [5, 5.41) is 0. The number of fused-ring (bicyclic) bond motifs is 1. The number of benzene rings is 1. The standard InChI is InChI=1S/C27H33N7O2/c1-20(2)11-13-33-23(19-31-14-16-32(17-15-31)22-10-6-7-12-28-22)29-25-24(33)26(35)30-27(36)34(25)18-21-8-4-3-5-9-21/h3-10,12,20H,11,13-19H2,1-2H3,(H,30,35,36). The Balaban J connectivity index is 1.46. The number of hydrogen-bond donors (Lipinski definition) is 1. The van der Waals surface area contributed by atoms with Gasteiger partial charge in [-0.05, 0) is 30.0 Å². The fourth-order valence-corrected chi connectivity index (χ4v) is 4.76. The van der Waals surface area contributed by atoms with Crippen molar-refractivity contribution in [3.05, 3.63) is 87.0 Å². The molecule has 0 spiro atoms. The number of aromatic nitrogens is 5. The van der Waals surface area contributed by atoms with Crippen LogP contribution in [-0.4, -0.2) is 55.2 Å². The molecule has 0 atom stereocenters. The molecular weight excluding hydrogens is 454 g/mol. The molecule has 1 aromatic carbocycles. The van der Waals surface area contributed by atoms with Crippen LogP contribution >= 0.6 is 0 Å². The van der Waals surface area contributed by atoms with E-state index < -0.39 is 5.69 Å². The first-order valence-electron chi connectivity index (χ1n) is 12.6. The van der Waals surface area contributed by atoms with E-state index in [1.807, 2.05) is 59.3 Å². The number of anilines is 1. The Bertz CT molecular complexity index is 1420. The lowest BCUT2D eigenvalue weighted by atomic mass is 10.1. The number of aryl methyl sites for hydroxylation is 1. The van der Waals surface area contributed by atoms with Crippen LogP contribution in [0, 0.1) is 5.92 Å². The zero-order valence-electron chi connectivity index (χ0n) is 20.9. The third-order valence-electron chi connectivity index (χ3n) is 6.79. The molecule has 0 radical (unpaired) electrons. The van der Waals surface area contributed by atoms with Crippen molar-refractivity contribution in [2.75, 3.05) is 31.1 Å². The zero-order valence-corrected chi connectivity index (χ0v) is 20.9. The summed E-state index contributed by atoms with van der Waals surface area (Å²) in [6, 6.07) is 15.8. The quantitative estimate of drug-likeness (QED) is 0.411. The zero-order chi connectivity index (χ0) is 25.1. The molecule has 1 fully saturated rings. The maximum Gasteiger partial charge on any atom is 0.330 e. The molecule has 1 saturated heterocycles. The highest BCUT2D eigenvalue weighted by atomic mass is 16.2. The normalized spacial score (nSPS) is 14.7. The number of nitrogens with zero attached hydrogens (tertiary/aromatic N) is 6. The van der Waals surface area contributed by atoms with E-state index in [-0.39, 0.29) is 5.56 Å². The second kappa shape index (κ2) is 10.5. The highest BCUT2D eigenvalue weighted by molar-refractivity contribution is 5.71. The molecule has 0 amide bonds. The Morgan fingerprint density at radius 2 is 1.67 bits per heavy atom. The number of hydrogen-bond acceptors (Lipinski definition) is 6. The van der Waals surface area contributed by atoms with E-state index in [0.29, 0.717) is 36.7 Å². The molecule has 0 aliphatic carbocycles. The van der Waals surface area contributed by atoms with Gasteiger partial charge in [-0.25, -0.2) is 14.8 Å². The number of rotatable bonds is 8. The van der Waals surface area contributed by atoms with Crippen molar-refractivity contribution < 1.29 is 0 Å². The van der Waals surface area contributed by atoms with E-state index in [4.69, 9.17) is 4.98 Å². The van der Waals surface area contributed by atoms with Gasteiger partial charge >= 0.3 is 5.69 Å². The molecule has 0 saturated carbocycles. The van der Waals surface area contributed by atoms with Crippen LogP contribution in [0.2, 0.25) is 0 Å². The summed E-state index contributed by atoms with van der Waals surface area (Å²) in [6.07, 6.45) is 2.74. The van der Waals surface area contributed by atoms with Crippen LogP contribution < -0.4 is 16.1 Å². The van der Waals surface area contributed by atoms with Gasteiger partial charge in [0.15, 0.2) is 11.2 Å². The van der Waals surface area contributed by atoms with Crippen LogP contribution in [0.25, 0.3) is 11.2 Å². The second-order valence-electron chi connectivity index (χ2n) is 9.82. The van der Waals surface area contributed by atoms with Crippen LogP contribution in [-0.2, 0) is 19.6 Å². The van der Waals surface area contributed by atoms with Gasteiger partial charge in [-0.1, -0.05) is 50.2 Å². The molecule has 1 aliphatic rings. The summed E-state index contributed by atoms with van der Waals surface area (Å²) in [7, 11) is 0. The predicted molar refractivity (Wildman–Crippen MR) is 141 cm³/mol. The van der Waals surface area contributed by atoms with E-state index >= 15 is 0 Å². The maximum atomic E-state index is 13.0. The van der Waals surface area contributed by atoms with Crippen molar-refractivity contribution in [3.8, 4) is 0 Å². The number of pyridine rings is 1. The number of nitrogens with one attached hydrogen (secondary N) is 1. The van der Waals surface area contributed by atoms with Crippen molar-refractivity contribution >= 4 is 17.0 Å². The molecule has 9 heteroatoms.